The smallest absolute Gasteiger partial charge is 0.0438 e. The van der Waals surface area contributed by atoms with Gasteiger partial charge in [0.05, 0.1) is 0 Å². The van der Waals surface area contributed by atoms with Crippen LogP contribution in [0.1, 0.15) is 41.1 Å². The number of halogens is 1. The van der Waals surface area contributed by atoms with Crippen LogP contribution in [0.4, 0.5) is 0 Å². The molecule has 0 aromatic heterocycles. The fourth-order valence-corrected chi connectivity index (χ4v) is 3.22. The Hall–Kier alpha value is -1.31. The largest absolute Gasteiger partial charge is 0.324 e. The molecule has 2 aromatic rings. The van der Waals surface area contributed by atoms with Gasteiger partial charge in [-0.15, -0.1) is 0 Å². The monoisotopic (exact) mass is 285 g/mol. The highest BCUT2D eigenvalue weighted by molar-refractivity contribution is 6.31. The summed E-state index contributed by atoms with van der Waals surface area (Å²) in [5.74, 6) is 0. The molecule has 1 aliphatic rings. The zero-order chi connectivity index (χ0) is 13.9. The van der Waals surface area contributed by atoms with E-state index in [0.29, 0.717) is 0 Å². The molecular weight excluding hydrogens is 266 g/mol. The molecule has 0 spiro atoms. The van der Waals surface area contributed by atoms with Crippen LogP contribution in [-0.4, -0.2) is 0 Å². The Labute approximate surface area is 125 Å². The maximum Gasteiger partial charge on any atom is 0.0438 e. The molecule has 0 heterocycles. The third-order valence-electron chi connectivity index (χ3n) is 4.20. The summed E-state index contributed by atoms with van der Waals surface area (Å²) in [6, 6.07) is 14.7. The minimum atomic E-state index is 0.0159. The van der Waals surface area contributed by atoms with Gasteiger partial charge in [0.15, 0.2) is 0 Å². The highest BCUT2D eigenvalue weighted by Crippen LogP contribution is 2.26. The third kappa shape index (κ3) is 2.89. The first-order chi connectivity index (χ1) is 9.74. The van der Waals surface area contributed by atoms with Crippen LogP contribution in [0.3, 0.4) is 0 Å². The maximum absolute atomic E-state index is 6.37. The highest BCUT2D eigenvalue weighted by atomic mass is 35.5. The van der Waals surface area contributed by atoms with Gasteiger partial charge in [-0.3, -0.25) is 0 Å². The second-order valence-corrected chi connectivity index (χ2v) is 6.04. The van der Waals surface area contributed by atoms with E-state index in [1.807, 2.05) is 18.2 Å². The standard InChI is InChI=1S/C18H20ClN/c19-17-8-4-3-7-15(17)12-18(20)16-10-9-13-5-1-2-6-14(13)11-16/h3-4,7-11,18H,1-2,5-6,12,20H2. The zero-order valence-corrected chi connectivity index (χ0v) is 12.4. The van der Waals surface area contributed by atoms with Crippen molar-refractivity contribution >= 4 is 11.6 Å². The van der Waals surface area contributed by atoms with Crippen LogP contribution >= 0.6 is 11.6 Å². The molecule has 0 saturated heterocycles. The summed E-state index contributed by atoms with van der Waals surface area (Å²) in [6.07, 6.45) is 5.82. The quantitative estimate of drug-likeness (QED) is 0.885. The minimum Gasteiger partial charge on any atom is -0.324 e. The molecule has 0 radical (unpaired) electrons. The third-order valence-corrected chi connectivity index (χ3v) is 4.57. The Morgan fingerprint density at radius 1 is 1.00 bits per heavy atom. The van der Waals surface area contributed by atoms with Gasteiger partial charge in [0.1, 0.15) is 0 Å². The van der Waals surface area contributed by atoms with E-state index in [1.165, 1.54) is 42.4 Å². The molecular formula is C18H20ClN. The SMILES string of the molecule is NC(Cc1ccccc1Cl)c1ccc2c(c1)CCCC2. The Morgan fingerprint density at radius 2 is 1.75 bits per heavy atom. The Morgan fingerprint density at radius 3 is 2.55 bits per heavy atom. The van der Waals surface area contributed by atoms with Crippen LogP contribution in [0.25, 0.3) is 0 Å². The van der Waals surface area contributed by atoms with Gasteiger partial charge in [-0.1, -0.05) is 48.0 Å². The topological polar surface area (TPSA) is 26.0 Å². The van der Waals surface area contributed by atoms with E-state index in [1.54, 1.807) is 0 Å². The Bertz CT molecular complexity index is 606. The van der Waals surface area contributed by atoms with Crippen LogP contribution in [0, 0.1) is 0 Å². The second-order valence-electron chi connectivity index (χ2n) is 5.64. The lowest BCUT2D eigenvalue weighted by atomic mass is 9.88. The summed E-state index contributed by atoms with van der Waals surface area (Å²) in [7, 11) is 0. The maximum atomic E-state index is 6.37. The molecule has 20 heavy (non-hydrogen) atoms. The summed E-state index contributed by atoms with van der Waals surface area (Å²) in [6.45, 7) is 0. The van der Waals surface area contributed by atoms with Crippen molar-refractivity contribution in [3.8, 4) is 0 Å². The van der Waals surface area contributed by atoms with Gasteiger partial charge in [0, 0.05) is 11.1 Å². The molecule has 1 atom stereocenters. The van der Waals surface area contributed by atoms with Crippen molar-refractivity contribution in [2.75, 3.05) is 0 Å². The molecule has 0 bridgehead atoms. The Balaban J connectivity index is 1.80. The molecule has 2 heteroatoms. The summed E-state index contributed by atoms with van der Waals surface area (Å²) in [4.78, 5) is 0. The molecule has 0 aliphatic heterocycles. The Kier molecular flexibility index (Phi) is 4.09. The van der Waals surface area contributed by atoms with Gasteiger partial charge < -0.3 is 5.73 Å². The van der Waals surface area contributed by atoms with Crippen LogP contribution in [0.5, 0.6) is 0 Å². The number of rotatable bonds is 3. The average molecular weight is 286 g/mol. The van der Waals surface area contributed by atoms with Crippen molar-refractivity contribution in [1.29, 1.82) is 0 Å². The van der Waals surface area contributed by atoms with Gasteiger partial charge >= 0.3 is 0 Å². The number of hydrogen-bond donors (Lipinski definition) is 1. The van der Waals surface area contributed by atoms with E-state index in [0.717, 1.165) is 17.0 Å². The molecule has 0 fully saturated rings. The molecule has 0 saturated carbocycles. The summed E-state index contributed by atoms with van der Waals surface area (Å²) in [5.41, 5.74) is 11.7. The highest BCUT2D eigenvalue weighted by Gasteiger charge is 2.14. The van der Waals surface area contributed by atoms with E-state index >= 15 is 0 Å². The number of aryl methyl sites for hydroxylation is 2. The second kappa shape index (κ2) is 5.99. The first-order valence-corrected chi connectivity index (χ1v) is 7.72. The van der Waals surface area contributed by atoms with Crippen molar-refractivity contribution in [1.82, 2.24) is 0 Å². The fourth-order valence-electron chi connectivity index (χ4n) is 3.00. The van der Waals surface area contributed by atoms with Crippen molar-refractivity contribution in [3.05, 3.63) is 69.7 Å². The molecule has 1 nitrogen and oxygen atoms in total. The lowest BCUT2D eigenvalue weighted by Gasteiger charge is -2.19. The molecule has 104 valence electrons. The number of nitrogens with two attached hydrogens (primary N) is 1. The lowest BCUT2D eigenvalue weighted by Crippen LogP contribution is -2.15. The van der Waals surface area contributed by atoms with Crippen LogP contribution in [-0.2, 0) is 19.3 Å². The first-order valence-electron chi connectivity index (χ1n) is 7.35. The normalized spacial score (nSPS) is 15.7. The van der Waals surface area contributed by atoms with E-state index in [2.05, 4.69) is 24.3 Å². The predicted molar refractivity (Wildman–Crippen MR) is 85.2 cm³/mol. The van der Waals surface area contributed by atoms with Gasteiger partial charge in [-0.2, -0.15) is 0 Å². The van der Waals surface area contributed by atoms with Crippen molar-refractivity contribution in [2.45, 2.75) is 38.1 Å². The van der Waals surface area contributed by atoms with Crippen LogP contribution in [0.2, 0.25) is 5.02 Å². The van der Waals surface area contributed by atoms with E-state index in [4.69, 9.17) is 17.3 Å². The summed E-state index contributed by atoms with van der Waals surface area (Å²) >= 11 is 6.22. The molecule has 2 aromatic carbocycles. The van der Waals surface area contributed by atoms with Gasteiger partial charge in [0.2, 0.25) is 0 Å². The lowest BCUT2D eigenvalue weighted by molar-refractivity contribution is 0.675. The van der Waals surface area contributed by atoms with Crippen molar-refractivity contribution in [2.24, 2.45) is 5.73 Å². The zero-order valence-electron chi connectivity index (χ0n) is 11.6. The van der Waals surface area contributed by atoms with Crippen molar-refractivity contribution < 1.29 is 0 Å². The average Bonchev–Trinajstić information content (AvgIpc) is 2.49. The summed E-state index contributed by atoms with van der Waals surface area (Å²) < 4.78 is 0. The molecule has 2 N–H and O–H groups in total. The number of fused-ring (bicyclic) bond motifs is 1. The molecule has 3 rings (SSSR count). The van der Waals surface area contributed by atoms with Gasteiger partial charge in [-0.05, 0) is 60.4 Å². The molecule has 1 aliphatic carbocycles. The van der Waals surface area contributed by atoms with Crippen LogP contribution in [0.15, 0.2) is 42.5 Å². The van der Waals surface area contributed by atoms with E-state index in [-0.39, 0.29) is 6.04 Å². The van der Waals surface area contributed by atoms with E-state index in [9.17, 15) is 0 Å². The summed E-state index contributed by atoms with van der Waals surface area (Å²) in [5, 5.41) is 0.806. The van der Waals surface area contributed by atoms with Crippen LogP contribution < -0.4 is 5.73 Å². The first kappa shape index (κ1) is 13.7. The van der Waals surface area contributed by atoms with Gasteiger partial charge in [-0.25, -0.2) is 0 Å². The molecule has 0 amide bonds. The van der Waals surface area contributed by atoms with Gasteiger partial charge in [0.25, 0.3) is 0 Å². The molecule has 1 unspecified atom stereocenters. The number of hydrogen-bond acceptors (Lipinski definition) is 1. The fraction of sp³-hybridized carbons (Fsp3) is 0.333. The predicted octanol–water partition coefficient (Wildman–Crippen LogP) is 4.46. The van der Waals surface area contributed by atoms with Crippen molar-refractivity contribution in [3.63, 3.8) is 0 Å². The van der Waals surface area contributed by atoms with E-state index < -0.39 is 0 Å². The number of benzene rings is 2. The minimum absolute atomic E-state index is 0.0159.